The van der Waals surface area contributed by atoms with Gasteiger partial charge in [-0.15, -0.1) is 0 Å². The van der Waals surface area contributed by atoms with Crippen molar-refractivity contribution < 1.29 is 24.1 Å². The normalized spacial score (nSPS) is 37.7. The smallest absolute Gasteiger partial charge is 0.163 e. The van der Waals surface area contributed by atoms with E-state index >= 15 is 0 Å². The molecule has 0 amide bonds. The summed E-state index contributed by atoms with van der Waals surface area (Å²) in [4.78, 5) is 0. The summed E-state index contributed by atoms with van der Waals surface area (Å²) in [5.41, 5.74) is 6.02. The first-order chi connectivity index (χ1) is 8.20. The molecule has 2 aliphatic heterocycles. The maximum absolute atomic E-state index is 10.2. The van der Waals surface area contributed by atoms with Crippen LogP contribution in [0.3, 0.4) is 0 Å². The summed E-state index contributed by atoms with van der Waals surface area (Å²) in [5.74, 6) is -1.31. The van der Waals surface area contributed by atoms with E-state index in [1.54, 1.807) is 0 Å². The van der Waals surface area contributed by atoms with Gasteiger partial charge >= 0.3 is 0 Å². The highest BCUT2D eigenvalue weighted by molar-refractivity contribution is 4.91. The minimum absolute atomic E-state index is 0.331. The minimum atomic E-state index is -0.839. The number of hydrogen-bond acceptors (Lipinski definition) is 6. The van der Waals surface area contributed by atoms with Gasteiger partial charge in [0.1, 0.15) is 18.3 Å². The third kappa shape index (κ3) is 3.01. The molecule has 4 unspecified atom stereocenters. The average Bonchev–Trinajstić information content (AvgIpc) is 2.79. The Morgan fingerprint density at radius 2 is 1.44 bits per heavy atom. The van der Waals surface area contributed by atoms with Gasteiger partial charge in [-0.3, -0.25) is 0 Å². The molecule has 4 atom stereocenters. The molecule has 2 saturated heterocycles. The second-order valence-electron chi connectivity index (χ2n) is 5.80. The number of ether oxygens (including phenoxy) is 4. The van der Waals surface area contributed by atoms with Crippen molar-refractivity contribution in [3.63, 3.8) is 0 Å². The molecule has 3 N–H and O–H groups in total. The molecule has 2 aliphatic rings. The van der Waals surface area contributed by atoms with E-state index in [-0.39, 0.29) is 6.10 Å². The van der Waals surface area contributed by atoms with Crippen molar-refractivity contribution >= 4 is 0 Å². The van der Waals surface area contributed by atoms with Gasteiger partial charge in [-0.1, -0.05) is 0 Å². The Bertz CT molecular complexity index is 277. The van der Waals surface area contributed by atoms with Crippen LogP contribution >= 0.6 is 0 Å². The second-order valence-corrected chi connectivity index (χ2v) is 5.80. The number of aliphatic hydroxyl groups excluding tert-OH is 1. The Labute approximate surface area is 107 Å². The van der Waals surface area contributed by atoms with Crippen LogP contribution in [0.5, 0.6) is 0 Å². The van der Waals surface area contributed by atoms with E-state index in [0.29, 0.717) is 13.2 Å². The van der Waals surface area contributed by atoms with E-state index in [0.717, 1.165) is 0 Å². The molecule has 0 bridgehead atoms. The molecule has 0 aliphatic carbocycles. The largest absolute Gasteiger partial charge is 0.389 e. The van der Waals surface area contributed by atoms with Gasteiger partial charge in [-0.05, 0) is 27.7 Å². The van der Waals surface area contributed by atoms with Crippen molar-refractivity contribution in [3.05, 3.63) is 0 Å². The fourth-order valence-electron chi connectivity index (χ4n) is 2.26. The van der Waals surface area contributed by atoms with Crippen LogP contribution < -0.4 is 5.73 Å². The number of hydrogen-bond donors (Lipinski definition) is 2. The Kier molecular flexibility index (Phi) is 3.70. The second kappa shape index (κ2) is 4.70. The Morgan fingerprint density at radius 1 is 1.00 bits per heavy atom. The molecule has 18 heavy (non-hydrogen) atoms. The fourth-order valence-corrected chi connectivity index (χ4v) is 2.26. The minimum Gasteiger partial charge on any atom is -0.389 e. The Morgan fingerprint density at radius 3 is 1.83 bits per heavy atom. The van der Waals surface area contributed by atoms with Crippen molar-refractivity contribution in [2.24, 2.45) is 5.73 Å². The van der Waals surface area contributed by atoms with Gasteiger partial charge in [0.05, 0.1) is 19.3 Å². The zero-order valence-electron chi connectivity index (χ0n) is 11.4. The number of aliphatic hydroxyl groups is 1. The van der Waals surface area contributed by atoms with Crippen molar-refractivity contribution in [3.8, 4) is 0 Å². The average molecular weight is 261 g/mol. The van der Waals surface area contributed by atoms with Crippen LogP contribution in [0.4, 0.5) is 0 Å². The summed E-state index contributed by atoms with van der Waals surface area (Å²) in [6.07, 6.45) is -1.60. The quantitative estimate of drug-likeness (QED) is 0.743. The lowest BCUT2D eigenvalue weighted by molar-refractivity contribution is -0.163. The van der Waals surface area contributed by atoms with Crippen LogP contribution in [-0.4, -0.2) is 54.2 Å². The van der Waals surface area contributed by atoms with E-state index in [9.17, 15) is 5.11 Å². The molecule has 6 heteroatoms. The van der Waals surface area contributed by atoms with Gasteiger partial charge in [0, 0.05) is 0 Å². The Balaban J connectivity index is 1.92. The van der Waals surface area contributed by atoms with Gasteiger partial charge in [0.25, 0.3) is 0 Å². The molecule has 0 spiro atoms. The predicted octanol–water partition coefficient (Wildman–Crippen LogP) is -0.0224. The third-order valence-electron chi connectivity index (χ3n) is 3.27. The highest BCUT2D eigenvalue weighted by Crippen LogP contribution is 2.29. The summed E-state index contributed by atoms with van der Waals surface area (Å²) in [5, 5.41) is 10.2. The maximum atomic E-state index is 10.2. The Hall–Kier alpha value is -0.240. The van der Waals surface area contributed by atoms with Crippen LogP contribution in [-0.2, 0) is 18.9 Å². The molecule has 2 fully saturated rings. The summed E-state index contributed by atoms with van der Waals surface area (Å²) in [7, 11) is 0. The summed E-state index contributed by atoms with van der Waals surface area (Å²) >= 11 is 0. The molecule has 2 heterocycles. The van der Waals surface area contributed by atoms with Crippen molar-refractivity contribution in [2.45, 2.75) is 63.6 Å². The van der Waals surface area contributed by atoms with E-state index in [1.165, 1.54) is 0 Å². The van der Waals surface area contributed by atoms with Crippen LogP contribution in [0.2, 0.25) is 0 Å². The monoisotopic (exact) mass is 261 g/mol. The lowest BCUT2D eigenvalue weighted by Gasteiger charge is -2.28. The number of nitrogens with two attached hydrogens (primary N) is 1. The first-order valence-electron chi connectivity index (χ1n) is 6.27. The molecule has 0 saturated carbocycles. The zero-order valence-corrected chi connectivity index (χ0v) is 11.4. The van der Waals surface area contributed by atoms with E-state index in [2.05, 4.69) is 0 Å². The lowest BCUT2D eigenvalue weighted by atomic mass is 10.0. The highest BCUT2D eigenvalue weighted by Gasteiger charge is 2.44. The van der Waals surface area contributed by atoms with E-state index < -0.39 is 29.8 Å². The van der Waals surface area contributed by atoms with Crippen molar-refractivity contribution in [1.82, 2.24) is 0 Å². The van der Waals surface area contributed by atoms with Gasteiger partial charge in [-0.2, -0.15) is 0 Å². The molecule has 0 aromatic heterocycles. The van der Waals surface area contributed by atoms with Gasteiger partial charge < -0.3 is 29.8 Å². The molecule has 0 radical (unpaired) electrons. The third-order valence-corrected chi connectivity index (χ3v) is 3.27. The molecule has 6 nitrogen and oxygen atoms in total. The van der Waals surface area contributed by atoms with E-state index in [4.69, 9.17) is 24.7 Å². The molecule has 0 aromatic rings. The SMILES string of the molecule is CC1(C)OCC(C(N)C(O)C2COC(C)(C)O2)O1. The van der Waals surface area contributed by atoms with Crippen LogP contribution in [0, 0.1) is 0 Å². The van der Waals surface area contributed by atoms with Crippen LogP contribution in [0.15, 0.2) is 0 Å². The standard InChI is InChI=1S/C12H23NO5/c1-11(2)15-5-7(17-11)9(13)10(14)8-6-16-12(3,4)18-8/h7-10,14H,5-6,13H2,1-4H3. The molecular weight excluding hydrogens is 238 g/mol. The summed E-state index contributed by atoms with van der Waals surface area (Å²) in [6.45, 7) is 7.98. The molecule has 0 aromatic carbocycles. The predicted molar refractivity (Wildman–Crippen MR) is 63.8 cm³/mol. The first kappa shape index (κ1) is 14.2. The van der Waals surface area contributed by atoms with E-state index in [1.807, 2.05) is 27.7 Å². The highest BCUT2D eigenvalue weighted by atomic mass is 16.8. The number of rotatable bonds is 3. The van der Waals surface area contributed by atoms with Gasteiger partial charge in [0.15, 0.2) is 11.6 Å². The maximum Gasteiger partial charge on any atom is 0.163 e. The lowest BCUT2D eigenvalue weighted by Crippen LogP contribution is -2.52. The van der Waals surface area contributed by atoms with Crippen LogP contribution in [0.25, 0.3) is 0 Å². The van der Waals surface area contributed by atoms with Gasteiger partial charge in [-0.25, -0.2) is 0 Å². The molecular formula is C12H23NO5. The molecule has 2 rings (SSSR count). The summed E-state index contributed by atoms with van der Waals surface area (Å²) in [6, 6.07) is -0.561. The molecule has 106 valence electrons. The van der Waals surface area contributed by atoms with Gasteiger partial charge in [0.2, 0.25) is 0 Å². The first-order valence-corrected chi connectivity index (χ1v) is 6.27. The fraction of sp³-hybridized carbons (Fsp3) is 1.00. The topological polar surface area (TPSA) is 83.2 Å². The van der Waals surface area contributed by atoms with Crippen molar-refractivity contribution in [2.75, 3.05) is 13.2 Å². The van der Waals surface area contributed by atoms with Crippen LogP contribution in [0.1, 0.15) is 27.7 Å². The summed E-state index contributed by atoms with van der Waals surface area (Å²) < 4.78 is 22.1. The van der Waals surface area contributed by atoms with Crippen molar-refractivity contribution in [1.29, 1.82) is 0 Å². The zero-order chi connectivity index (χ0) is 13.6.